The van der Waals surface area contributed by atoms with Gasteiger partial charge in [0.1, 0.15) is 5.82 Å². The number of rotatable bonds is 3. The molecule has 1 aromatic heterocycles. The average molecular weight is 448 g/mol. The number of nitrogens with zero attached hydrogens (tertiary/aromatic N) is 1. The van der Waals surface area contributed by atoms with E-state index in [0.717, 1.165) is 46.3 Å². The number of carbonyl (C=O) groups is 2. The van der Waals surface area contributed by atoms with E-state index in [1.165, 1.54) is 26.4 Å². The number of carbonyl (C=O) groups excluding carboxylic acids is 1. The minimum absolute atomic E-state index is 0.285. The highest BCUT2D eigenvalue weighted by atomic mass is 19.1. The molecule has 4 aliphatic rings. The molecule has 3 aliphatic carbocycles. The number of carboxylic acids is 1. The Morgan fingerprint density at radius 2 is 1.97 bits per heavy atom. The molecule has 1 aromatic carbocycles. The van der Waals surface area contributed by atoms with Gasteiger partial charge in [-0.1, -0.05) is 37.5 Å². The number of carboxylic acid groups (broad SMARTS) is 1. The standard InChI is InChI=1S/C27H26FNO4/c1-33-27(32)24-19-13-29-21(22-16(23(19)24)8-5-9-17(22)26(30)31)12-18-20(28)11-10-15(25(18)29)14-6-3-2-4-7-14/h5,8,10-12,14,17,22H,2-4,6-7,9,13H2,1H3,(H,30,31)/t17-,22+/m1/s1. The largest absolute Gasteiger partial charge is 0.481 e. The second-order valence-electron chi connectivity index (χ2n) is 9.63. The lowest BCUT2D eigenvalue weighted by Crippen LogP contribution is -2.26. The molecule has 0 spiro atoms. The van der Waals surface area contributed by atoms with Crippen LogP contribution >= 0.6 is 0 Å². The molecule has 5 nitrogen and oxygen atoms in total. The normalized spacial score (nSPS) is 24.3. The summed E-state index contributed by atoms with van der Waals surface area (Å²) in [6, 6.07) is 5.33. The van der Waals surface area contributed by atoms with Crippen molar-refractivity contribution in [3.8, 4) is 0 Å². The number of aliphatic carboxylic acids is 1. The molecule has 0 amide bonds. The fraction of sp³-hybridized carbons (Fsp3) is 0.407. The Morgan fingerprint density at radius 3 is 2.70 bits per heavy atom. The van der Waals surface area contributed by atoms with Gasteiger partial charge in [-0.2, -0.15) is 0 Å². The first-order chi connectivity index (χ1) is 16.0. The molecule has 2 heterocycles. The number of halogens is 1. The highest BCUT2D eigenvalue weighted by Crippen LogP contribution is 2.54. The van der Waals surface area contributed by atoms with E-state index in [2.05, 4.69) is 4.57 Å². The number of fused-ring (bicyclic) bond motifs is 6. The van der Waals surface area contributed by atoms with Crippen LogP contribution in [0.1, 0.15) is 61.6 Å². The van der Waals surface area contributed by atoms with Crippen LogP contribution in [-0.4, -0.2) is 28.7 Å². The van der Waals surface area contributed by atoms with Gasteiger partial charge in [0.25, 0.3) is 0 Å². The summed E-state index contributed by atoms with van der Waals surface area (Å²) in [5, 5.41) is 10.6. The Kier molecular flexibility index (Phi) is 4.61. The monoisotopic (exact) mass is 447 g/mol. The lowest BCUT2D eigenvalue weighted by Gasteiger charge is -2.29. The third-order valence-corrected chi connectivity index (χ3v) is 7.96. The second kappa shape index (κ2) is 7.44. The van der Waals surface area contributed by atoms with Crippen molar-refractivity contribution >= 4 is 22.8 Å². The molecule has 6 heteroatoms. The van der Waals surface area contributed by atoms with Crippen molar-refractivity contribution in [2.75, 3.05) is 7.11 Å². The van der Waals surface area contributed by atoms with Crippen molar-refractivity contribution in [1.29, 1.82) is 0 Å². The van der Waals surface area contributed by atoms with E-state index < -0.39 is 23.8 Å². The third kappa shape index (κ3) is 2.96. The zero-order chi connectivity index (χ0) is 22.9. The van der Waals surface area contributed by atoms with Crippen molar-refractivity contribution in [1.82, 2.24) is 4.57 Å². The smallest absolute Gasteiger partial charge is 0.338 e. The van der Waals surface area contributed by atoms with Crippen LogP contribution in [0.2, 0.25) is 0 Å². The Morgan fingerprint density at radius 1 is 1.18 bits per heavy atom. The first-order valence-corrected chi connectivity index (χ1v) is 11.8. The number of ether oxygens (including phenoxy) is 1. The SMILES string of the molecule is COC(=O)C1=C2Cn3c(cc4c(F)ccc(C5CCCCC5)c43)[C@H]3C(=C21)C=CC[C@H]3C(=O)O. The predicted molar refractivity (Wildman–Crippen MR) is 121 cm³/mol. The van der Waals surface area contributed by atoms with Crippen molar-refractivity contribution in [2.24, 2.45) is 5.92 Å². The van der Waals surface area contributed by atoms with Crippen LogP contribution in [-0.2, 0) is 20.9 Å². The quantitative estimate of drug-likeness (QED) is 0.643. The van der Waals surface area contributed by atoms with E-state index in [9.17, 15) is 14.7 Å². The van der Waals surface area contributed by atoms with Crippen LogP contribution in [0.25, 0.3) is 10.9 Å². The first kappa shape index (κ1) is 20.5. The number of allylic oxidation sites excluding steroid dienone is 4. The van der Waals surface area contributed by atoms with E-state index in [4.69, 9.17) is 4.74 Å². The van der Waals surface area contributed by atoms with E-state index in [1.54, 1.807) is 6.07 Å². The van der Waals surface area contributed by atoms with Gasteiger partial charge in [0.05, 0.1) is 24.1 Å². The molecule has 1 N–H and O–H groups in total. The number of benzene rings is 1. The maximum Gasteiger partial charge on any atom is 0.338 e. The summed E-state index contributed by atoms with van der Waals surface area (Å²) in [6.45, 7) is 0.432. The molecular weight excluding hydrogens is 421 g/mol. The Hall–Kier alpha value is -3.15. The van der Waals surface area contributed by atoms with Crippen molar-refractivity contribution < 1.29 is 23.8 Å². The van der Waals surface area contributed by atoms with Crippen LogP contribution in [0.5, 0.6) is 0 Å². The summed E-state index contributed by atoms with van der Waals surface area (Å²) in [6.07, 6.45) is 9.94. The zero-order valence-corrected chi connectivity index (χ0v) is 18.6. The van der Waals surface area contributed by atoms with Crippen molar-refractivity contribution in [3.05, 3.63) is 69.7 Å². The fourth-order valence-electron chi connectivity index (χ4n) is 6.40. The molecule has 1 saturated carbocycles. The van der Waals surface area contributed by atoms with Crippen LogP contribution in [0.15, 0.2) is 52.6 Å². The second-order valence-corrected chi connectivity index (χ2v) is 9.63. The van der Waals surface area contributed by atoms with Gasteiger partial charge >= 0.3 is 11.9 Å². The lowest BCUT2D eigenvalue weighted by molar-refractivity contribution is -0.142. The summed E-state index contributed by atoms with van der Waals surface area (Å²) >= 11 is 0. The Bertz CT molecular complexity index is 1310. The minimum Gasteiger partial charge on any atom is -0.481 e. The number of aromatic nitrogens is 1. The average Bonchev–Trinajstić information content (AvgIpc) is 3.45. The van der Waals surface area contributed by atoms with Gasteiger partial charge in [-0.3, -0.25) is 4.79 Å². The molecule has 2 atom stereocenters. The molecule has 0 unspecified atom stereocenters. The minimum atomic E-state index is -0.879. The molecule has 1 fully saturated rings. The van der Waals surface area contributed by atoms with E-state index >= 15 is 4.39 Å². The Labute approximate surface area is 191 Å². The summed E-state index contributed by atoms with van der Waals surface area (Å²) < 4.78 is 22.2. The Balaban J connectivity index is 1.62. The highest BCUT2D eigenvalue weighted by Gasteiger charge is 2.47. The van der Waals surface area contributed by atoms with Gasteiger partial charge in [0.2, 0.25) is 0 Å². The number of hydrogen-bond donors (Lipinski definition) is 1. The molecule has 0 saturated heterocycles. The number of hydrogen-bond acceptors (Lipinski definition) is 3. The van der Waals surface area contributed by atoms with Gasteiger partial charge in [0, 0.05) is 23.5 Å². The van der Waals surface area contributed by atoms with E-state index in [-0.39, 0.29) is 5.82 Å². The number of esters is 1. The molecule has 6 rings (SSSR count). The first-order valence-electron chi connectivity index (χ1n) is 11.8. The third-order valence-electron chi connectivity index (χ3n) is 7.96. The van der Waals surface area contributed by atoms with Gasteiger partial charge in [0.15, 0.2) is 0 Å². The maximum absolute atomic E-state index is 15.1. The van der Waals surface area contributed by atoms with Crippen LogP contribution < -0.4 is 0 Å². The van der Waals surface area contributed by atoms with Crippen molar-refractivity contribution in [2.45, 2.75) is 56.9 Å². The topological polar surface area (TPSA) is 68.5 Å². The summed E-state index contributed by atoms with van der Waals surface area (Å²) in [5.74, 6) is -2.29. The fourth-order valence-corrected chi connectivity index (χ4v) is 6.40. The molecular formula is C27H26FNO4. The summed E-state index contributed by atoms with van der Waals surface area (Å²) in [4.78, 5) is 24.8. The van der Waals surface area contributed by atoms with E-state index in [1.807, 2.05) is 24.3 Å². The molecule has 1 aliphatic heterocycles. The molecule has 2 aromatic rings. The molecule has 170 valence electrons. The van der Waals surface area contributed by atoms with Gasteiger partial charge in [-0.25, -0.2) is 9.18 Å². The zero-order valence-electron chi connectivity index (χ0n) is 18.6. The summed E-state index contributed by atoms with van der Waals surface area (Å²) in [5.41, 5.74) is 5.94. The van der Waals surface area contributed by atoms with Crippen LogP contribution in [0.3, 0.4) is 0 Å². The molecule has 0 bridgehead atoms. The number of methoxy groups -OCH3 is 1. The predicted octanol–water partition coefficient (Wildman–Crippen LogP) is 5.37. The highest BCUT2D eigenvalue weighted by molar-refractivity contribution is 6.06. The van der Waals surface area contributed by atoms with Gasteiger partial charge in [-0.05, 0) is 59.6 Å². The summed E-state index contributed by atoms with van der Waals surface area (Å²) in [7, 11) is 1.36. The van der Waals surface area contributed by atoms with Gasteiger partial charge < -0.3 is 14.4 Å². The maximum atomic E-state index is 15.1. The van der Waals surface area contributed by atoms with Crippen LogP contribution in [0.4, 0.5) is 4.39 Å². The van der Waals surface area contributed by atoms with E-state index in [0.29, 0.717) is 29.8 Å². The molecule has 0 radical (unpaired) electrons. The van der Waals surface area contributed by atoms with Crippen LogP contribution in [0, 0.1) is 11.7 Å². The molecule has 33 heavy (non-hydrogen) atoms. The lowest BCUT2D eigenvalue weighted by atomic mass is 9.76. The van der Waals surface area contributed by atoms with Crippen molar-refractivity contribution in [3.63, 3.8) is 0 Å². The van der Waals surface area contributed by atoms with Gasteiger partial charge in [-0.15, -0.1) is 0 Å².